The number of hydrogen-bond donors (Lipinski definition) is 3. The summed E-state index contributed by atoms with van der Waals surface area (Å²) in [5, 5.41) is 8.57. The van der Waals surface area contributed by atoms with Crippen molar-refractivity contribution in [3.05, 3.63) is 0 Å². The number of rotatable bonds is 43. The summed E-state index contributed by atoms with van der Waals surface area (Å²) in [4.78, 5) is 38.4. The van der Waals surface area contributed by atoms with Crippen LogP contribution in [0.2, 0.25) is 0 Å². The summed E-state index contributed by atoms with van der Waals surface area (Å²) in [5.74, 6) is -0.0510. The molecular weight excluding hydrogens is 719 g/mol. The topological polar surface area (TPSA) is 121 Å². The number of amides is 2. The van der Waals surface area contributed by atoms with Crippen LogP contribution < -0.4 is 16.1 Å². The summed E-state index contributed by atoms with van der Waals surface area (Å²) < 4.78 is 16.4. The lowest BCUT2D eigenvalue weighted by Gasteiger charge is -2.24. The molecule has 1 aliphatic rings. The van der Waals surface area contributed by atoms with Crippen LogP contribution in [0.4, 0.5) is 9.59 Å². The van der Waals surface area contributed by atoms with E-state index in [9.17, 15) is 14.4 Å². The van der Waals surface area contributed by atoms with E-state index in [0.29, 0.717) is 45.9 Å². The smallest absolute Gasteiger partial charge is 0.409 e. The molecule has 0 aromatic heterocycles. The molecule has 0 aromatic rings. The van der Waals surface area contributed by atoms with Crippen LogP contribution in [0.3, 0.4) is 0 Å². The molecule has 0 aromatic carbocycles. The molecule has 2 amide bonds. The fourth-order valence-corrected chi connectivity index (χ4v) is 7.37. The standard InChI is InChI=1S/C46H91N5O6/c1-4-7-10-13-16-20-25-32-43(31-24-19-15-12-9-6-3)57-45(53)48-42-47-34-27-29-37-51(49-35-38-50-39-41-56-46(50)54)36-28-22-18-21-26-33-44(52)55-40-30-23-17-14-11-8-5-2/h43,47,49H,4-42H2,1-3H3,(H,48,53). The molecule has 11 nitrogen and oxygen atoms in total. The molecule has 1 atom stereocenters. The van der Waals surface area contributed by atoms with Crippen LogP contribution in [0.15, 0.2) is 0 Å². The van der Waals surface area contributed by atoms with E-state index in [0.717, 1.165) is 103 Å². The summed E-state index contributed by atoms with van der Waals surface area (Å²) in [6.07, 6.45) is 34.1. The summed E-state index contributed by atoms with van der Waals surface area (Å²) in [6.45, 7) is 12.8. The van der Waals surface area contributed by atoms with Crippen molar-refractivity contribution < 1.29 is 28.6 Å². The number of carbonyl (C=O) groups is 3. The van der Waals surface area contributed by atoms with Gasteiger partial charge in [0.05, 0.1) is 19.8 Å². The van der Waals surface area contributed by atoms with Gasteiger partial charge in [-0.15, -0.1) is 0 Å². The predicted molar refractivity (Wildman–Crippen MR) is 235 cm³/mol. The van der Waals surface area contributed by atoms with E-state index < -0.39 is 0 Å². The van der Waals surface area contributed by atoms with Crippen LogP contribution >= 0.6 is 0 Å². The quantitative estimate of drug-likeness (QED) is 0.0182. The lowest BCUT2D eigenvalue weighted by Crippen LogP contribution is -2.44. The van der Waals surface area contributed by atoms with E-state index in [1.165, 1.54) is 103 Å². The van der Waals surface area contributed by atoms with Crippen molar-refractivity contribution in [2.75, 3.05) is 59.2 Å². The first-order chi connectivity index (χ1) is 28.0. The fraction of sp³-hybridized carbons (Fsp3) is 0.935. The van der Waals surface area contributed by atoms with Gasteiger partial charge in [-0.05, 0) is 64.3 Å². The molecule has 1 rings (SSSR count). The second-order valence-corrected chi connectivity index (χ2v) is 16.4. The SMILES string of the molecule is CCCCCCCCCOC(=O)CCCCCCCN(CCCCNCNC(=O)OC(CCCCCCCC)CCCCCCCCC)NCCN1CCOC1=O. The molecule has 1 heterocycles. The Hall–Kier alpha value is -2.11. The van der Waals surface area contributed by atoms with E-state index in [-0.39, 0.29) is 24.3 Å². The number of cyclic esters (lactones) is 1. The Kier molecular flexibility index (Phi) is 37.7. The summed E-state index contributed by atoms with van der Waals surface area (Å²) >= 11 is 0. The maximum absolute atomic E-state index is 12.7. The van der Waals surface area contributed by atoms with E-state index in [1.54, 1.807) is 4.90 Å². The van der Waals surface area contributed by atoms with Gasteiger partial charge in [-0.25, -0.2) is 14.6 Å². The van der Waals surface area contributed by atoms with Gasteiger partial charge >= 0.3 is 18.2 Å². The molecule has 3 N–H and O–H groups in total. The third kappa shape index (κ3) is 34.5. The first-order valence-electron chi connectivity index (χ1n) is 24.2. The Morgan fingerprint density at radius 1 is 0.667 bits per heavy atom. The van der Waals surface area contributed by atoms with Gasteiger partial charge in [0.25, 0.3) is 0 Å². The van der Waals surface area contributed by atoms with Crippen LogP contribution in [0.25, 0.3) is 0 Å². The normalized spacial score (nSPS) is 13.3. The molecule has 1 fully saturated rings. The largest absolute Gasteiger partial charge is 0.466 e. The second kappa shape index (κ2) is 40.7. The minimum atomic E-state index is -0.308. The zero-order valence-corrected chi connectivity index (χ0v) is 37.5. The van der Waals surface area contributed by atoms with E-state index in [2.05, 4.69) is 41.8 Å². The van der Waals surface area contributed by atoms with Gasteiger partial charge in [0, 0.05) is 32.6 Å². The average molecular weight is 810 g/mol. The minimum Gasteiger partial charge on any atom is -0.466 e. The molecule has 1 unspecified atom stereocenters. The molecule has 0 saturated carbocycles. The molecular formula is C46H91N5O6. The van der Waals surface area contributed by atoms with Crippen LogP contribution in [0.1, 0.15) is 213 Å². The number of hydrazine groups is 1. The lowest BCUT2D eigenvalue weighted by atomic mass is 10.0. The zero-order chi connectivity index (χ0) is 41.3. The first-order valence-corrected chi connectivity index (χ1v) is 24.2. The van der Waals surface area contributed by atoms with Gasteiger partial charge in [-0.1, -0.05) is 149 Å². The van der Waals surface area contributed by atoms with Crippen molar-refractivity contribution in [2.24, 2.45) is 0 Å². The predicted octanol–water partition coefficient (Wildman–Crippen LogP) is 11.2. The highest BCUT2D eigenvalue weighted by Gasteiger charge is 2.21. The maximum Gasteiger partial charge on any atom is 0.409 e. The van der Waals surface area contributed by atoms with E-state index >= 15 is 0 Å². The van der Waals surface area contributed by atoms with Crippen LogP contribution in [-0.4, -0.2) is 93.3 Å². The zero-order valence-electron chi connectivity index (χ0n) is 37.5. The molecule has 0 bridgehead atoms. The van der Waals surface area contributed by atoms with Crippen molar-refractivity contribution in [3.8, 4) is 0 Å². The average Bonchev–Trinajstić information content (AvgIpc) is 3.62. The van der Waals surface area contributed by atoms with Gasteiger partial charge < -0.3 is 24.4 Å². The molecule has 0 radical (unpaired) electrons. The van der Waals surface area contributed by atoms with Crippen molar-refractivity contribution in [1.82, 2.24) is 26.0 Å². The number of unbranched alkanes of at least 4 members (excludes halogenated alkanes) is 22. The molecule has 57 heavy (non-hydrogen) atoms. The Bertz CT molecular complexity index is 928. The number of ether oxygens (including phenoxy) is 3. The molecule has 0 aliphatic carbocycles. The highest BCUT2D eigenvalue weighted by Crippen LogP contribution is 2.17. The second-order valence-electron chi connectivity index (χ2n) is 16.4. The lowest BCUT2D eigenvalue weighted by molar-refractivity contribution is -0.143. The van der Waals surface area contributed by atoms with Crippen LogP contribution in [0, 0.1) is 0 Å². The third-order valence-corrected chi connectivity index (χ3v) is 11.1. The highest BCUT2D eigenvalue weighted by atomic mass is 16.6. The summed E-state index contributed by atoms with van der Waals surface area (Å²) in [5.41, 5.74) is 3.55. The van der Waals surface area contributed by atoms with Crippen molar-refractivity contribution in [1.29, 1.82) is 0 Å². The Balaban J connectivity index is 2.27. The number of nitrogens with zero attached hydrogens (tertiary/aromatic N) is 2. The van der Waals surface area contributed by atoms with E-state index in [1.807, 2.05) is 0 Å². The fourth-order valence-electron chi connectivity index (χ4n) is 7.37. The summed E-state index contributed by atoms with van der Waals surface area (Å²) in [7, 11) is 0. The Morgan fingerprint density at radius 3 is 1.77 bits per heavy atom. The van der Waals surface area contributed by atoms with Gasteiger partial charge in [0.15, 0.2) is 0 Å². The molecule has 1 saturated heterocycles. The van der Waals surface area contributed by atoms with Gasteiger partial charge in [0.1, 0.15) is 12.7 Å². The number of alkyl carbamates (subject to hydrolysis) is 1. The highest BCUT2D eigenvalue weighted by molar-refractivity contribution is 5.69. The Labute approximate surface area is 350 Å². The maximum atomic E-state index is 12.7. The van der Waals surface area contributed by atoms with Gasteiger partial charge in [-0.2, -0.15) is 0 Å². The molecule has 1 aliphatic heterocycles. The van der Waals surface area contributed by atoms with Crippen molar-refractivity contribution in [3.63, 3.8) is 0 Å². The van der Waals surface area contributed by atoms with Gasteiger partial charge in [0.2, 0.25) is 0 Å². The van der Waals surface area contributed by atoms with Crippen LogP contribution in [0.5, 0.6) is 0 Å². The van der Waals surface area contributed by atoms with Gasteiger partial charge in [-0.3, -0.25) is 15.5 Å². The van der Waals surface area contributed by atoms with Crippen molar-refractivity contribution in [2.45, 2.75) is 219 Å². The number of hydrogen-bond acceptors (Lipinski definition) is 9. The molecule has 336 valence electrons. The number of nitrogens with one attached hydrogen (secondary N) is 3. The third-order valence-electron chi connectivity index (χ3n) is 11.1. The summed E-state index contributed by atoms with van der Waals surface area (Å²) in [6, 6.07) is 0. The first kappa shape index (κ1) is 52.9. The van der Waals surface area contributed by atoms with E-state index in [4.69, 9.17) is 14.2 Å². The molecule has 0 spiro atoms. The number of carbonyl (C=O) groups excluding carboxylic acids is 3. The minimum absolute atomic E-state index is 0.00888. The van der Waals surface area contributed by atoms with Crippen LogP contribution in [-0.2, 0) is 19.0 Å². The monoisotopic (exact) mass is 810 g/mol. The van der Waals surface area contributed by atoms with Crippen molar-refractivity contribution >= 4 is 18.2 Å². The number of esters is 1. The molecule has 11 heteroatoms. The Morgan fingerprint density at radius 2 is 1.19 bits per heavy atom.